The van der Waals surface area contributed by atoms with E-state index in [1.807, 2.05) is 0 Å². The fourth-order valence-electron chi connectivity index (χ4n) is 1.66. The Bertz CT molecular complexity index is 528. The number of aliphatic hydroxyl groups excluding tert-OH is 1. The first kappa shape index (κ1) is 11.2. The third-order valence-corrected chi connectivity index (χ3v) is 2.83. The number of phenols is 1. The molecule has 0 spiro atoms. The molecule has 0 bridgehead atoms. The topological polar surface area (TPSA) is 66.5 Å². The Morgan fingerprint density at radius 2 is 2.00 bits per heavy atom. The van der Waals surface area contributed by atoms with Crippen LogP contribution in [0.1, 0.15) is 11.7 Å². The molecule has 0 heterocycles. The summed E-state index contributed by atoms with van der Waals surface area (Å²) in [5, 5.41) is 21.1. The summed E-state index contributed by atoms with van der Waals surface area (Å²) < 4.78 is 0. The molecule has 0 aromatic heterocycles. The Kier molecular flexibility index (Phi) is 3.01. The average molecular weight is 238 g/mol. The highest BCUT2D eigenvalue weighted by atomic mass is 35.5. The van der Waals surface area contributed by atoms with Gasteiger partial charge in [0.25, 0.3) is 0 Å². The lowest BCUT2D eigenvalue weighted by Gasteiger charge is -2.10. The van der Waals surface area contributed by atoms with Crippen LogP contribution in [-0.4, -0.2) is 16.8 Å². The van der Waals surface area contributed by atoms with E-state index >= 15 is 0 Å². The standard InChI is InChI=1S/C12H12ClNO2/c13-11-5-9(15)3-7-1-2-8(4-10(7)11)12(16)6-14/h1-5,12,15-16H,6,14H2. The molecule has 0 saturated carbocycles. The summed E-state index contributed by atoms with van der Waals surface area (Å²) in [6, 6.07) is 8.46. The largest absolute Gasteiger partial charge is 0.508 e. The number of nitrogens with two attached hydrogens (primary N) is 1. The zero-order valence-corrected chi connectivity index (χ0v) is 9.28. The molecule has 4 heteroatoms. The second kappa shape index (κ2) is 4.29. The summed E-state index contributed by atoms with van der Waals surface area (Å²) >= 11 is 6.01. The average Bonchev–Trinajstić information content (AvgIpc) is 2.27. The van der Waals surface area contributed by atoms with Gasteiger partial charge in [-0.25, -0.2) is 0 Å². The van der Waals surface area contributed by atoms with Gasteiger partial charge < -0.3 is 15.9 Å². The monoisotopic (exact) mass is 237 g/mol. The maximum atomic E-state index is 9.62. The predicted octanol–water partition coefficient (Wildman–Crippen LogP) is 2.19. The van der Waals surface area contributed by atoms with Gasteiger partial charge in [0.1, 0.15) is 5.75 Å². The Balaban J connectivity index is 2.62. The van der Waals surface area contributed by atoms with E-state index in [9.17, 15) is 10.2 Å². The molecule has 0 amide bonds. The second-order valence-corrected chi connectivity index (χ2v) is 4.07. The maximum Gasteiger partial charge on any atom is 0.117 e. The third-order valence-electron chi connectivity index (χ3n) is 2.52. The Morgan fingerprint density at radius 1 is 1.25 bits per heavy atom. The number of hydrogen-bond acceptors (Lipinski definition) is 3. The quantitative estimate of drug-likeness (QED) is 0.750. The molecule has 0 radical (unpaired) electrons. The molecule has 16 heavy (non-hydrogen) atoms. The summed E-state index contributed by atoms with van der Waals surface area (Å²) in [4.78, 5) is 0. The van der Waals surface area contributed by atoms with Crippen molar-refractivity contribution in [3.05, 3.63) is 40.9 Å². The molecule has 0 saturated heterocycles. The SMILES string of the molecule is NCC(O)c1ccc2cc(O)cc(Cl)c2c1. The van der Waals surface area contributed by atoms with E-state index in [1.54, 1.807) is 24.3 Å². The molecule has 0 fully saturated rings. The minimum atomic E-state index is -0.686. The molecule has 1 atom stereocenters. The molecule has 2 aromatic rings. The van der Waals surface area contributed by atoms with Crippen molar-refractivity contribution in [2.24, 2.45) is 5.73 Å². The molecule has 0 aliphatic heterocycles. The van der Waals surface area contributed by atoms with Crippen LogP contribution in [0, 0.1) is 0 Å². The van der Waals surface area contributed by atoms with Crippen LogP contribution >= 0.6 is 11.6 Å². The maximum absolute atomic E-state index is 9.62. The van der Waals surface area contributed by atoms with Gasteiger partial charge >= 0.3 is 0 Å². The first-order valence-electron chi connectivity index (χ1n) is 4.92. The predicted molar refractivity (Wildman–Crippen MR) is 64.6 cm³/mol. The van der Waals surface area contributed by atoms with Crippen molar-refractivity contribution >= 4 is 22.4 Å². The van der Waals surface area contributed by atoms with E-state index in [-0.39, 0.29) is 12.3 Å². The Labute approximate surface area is 98.1 Å². The highest BCUT2D eigenvalue weighted by Gasteiger charge is 2.08. The van der Waals surface area contributed by atoms with Gasteiger partial charge in [-0.2, -0.15) is 0 Å². The normalized spacial score (nSPS) is 12.9. The molecule has 4 N–H and O–H groups in total. The van der Waals surface area contributed by atoms with Crippen LogP contribution in [0.3, 0.4) is 0 Å². The van der Waals surface area contributed by atoms with Crippen molar-refractivity contribution in [3.8, 4) is 5.75 Å². The van der Waals surface area contributed by atoms with E-state index in [2.05, 4.69) is 0 Å². The van der Waals surface area contributed by atoms with Crippen LogP contribution in [0.15, 0.2) is 30.3 Å². The fraction of sp³-hybridized carbons (Fsp3) is 0.167. The van der Waals surface area contributed by atoms with Crippen LogP contribution in [0.5, 0.6) is 5.75 Å². The Hall–Kier alpha value is -1.29. The lowest BCUT2D eigenvalue weighted by atomic mass is 10.0. The second-order valence-electron chi connectivity index (χ2n) is 3.66. The summed E-state index contributed by atoms with van der Waals surface area (Å²) in [7, 11) is 0. The van der Waals surface area contributed by atoms with E-state index in [0.717, 1.165) is 16.3 Å². The van der Waals surface area contributed by atoms with Gasteiger partial charge in [-0.15, -0.1) is 0 Å². The van der Waals surface area contributed by atoms with E-state index < -0.39 is 6.10 Å². The molecule has 3 nitrogen and oxygen atoms in total. The van der Waals surface area contributed by atoms with Crippen LogP contribution in [0.4, 0.5) is 0 Å². The fourth-order valence-corrected chi connectivity index (χ4v) is 1.93. The molecular formula is C12H12ClNO2. The van der Waals surface area contributed by atoms with Gasteiger partial charge in [0.2, 0.25) is 0 Å². The van der Waals surface area contributed by atoms with Gasteiger partial charge in [-0.1, -0.05) is 23.7 Å². The van der Waals surface area contributed by atoms with Crippen molar-refractivity contribution in [3.63, 3.8) is 0 Å². The first-order chi connectivity index (χ1) is 7.61. The van der Waals surface area contributed by atoms with Gasteiger partial charge in [-0.05, 0) is 29.1 Å². The summed E-state index contributed by atoms with van der Waals surface area (Å²) in [6.07, 6.45) is -0.686. The zero-order chi connectivity index (χ0) is 11.7. The molecule has 2 aromatic carbocycles. The van der Waals surface area contributed by atoms with Crippen molar-refractivity contribution in [1.82, 2.24) is 0 Å². The van der Waals surface area contributed by atoms with Crippen molar-refractivity contribution in [2.75, 3.05) is 6.54 Å². The summed E-state index contributed by atoms with van der Waals surface area (Å²) in [5.41, 5.74) is 6.11. The number of benzene rings is 2. The summed E-state index contributed by atoms with van der Waals surface area (Å²) in [6.45, 7) is 0.168. The Morgan fingerprint density at radius 3 is 2.69 bits per heavy atom. The van der Waals surface area contributed by atoms with Crippen molar-refractivity contribution in [2.45, 2.75) is 6.10 Å². The lowest BCUT2D eigenvalue weighted by molar-refractivity contribution is 0.187. The number of rotatable bonds is 2. The third kappa shape index (κ3) is 1.97. The van der Waals surface area contributed by atoms with Crippen LogP contribution in [-0.2, 0) is 0 Å². The van der Waals surface area contributed by atoms with E-state index in [4.69, 9.17) is 17.3 Å². The van der Waals surface area contributed by atoms with Gasteiger partial charge in [0.05, 0.1) is 11.1 Å². The smallest absolute Gasteiger partial charge is 0.117 e. The van der Waals surface area contributed by atoms with E-state index in [0.29, 0.717) is 5.02 Å². The number of fused-ring (bicyclic) bond motifs is 1. The number of hydrogen-bond donors (Lipinski definition) is 3. The molecule has 2 rings (SSSR count). The molecular weight excluding hydrogens is 226 g/mol. The minimum absolute atomic E-state index is 0.129. The molecule has 1 unspecified atom stereocenters. The van der Waals surface area contributed by atoms with Crippen molar-refractivity contribution in [1.29, 1.82) is 0 Å². The van der Waals surface area contributed by atoms with Crippen LogP contribution in [0.2, 0.25) is 5.02 Å². The first-order valence-corrected chi connectivity index (χ1v) is 5.30. The van der Waals surface area contributed by atoms with E-state index in [1.165, 1.54) is 6.07 Å². The van der Waals surface area contributed by atoms with Gasteiger partial charge in [0.15, 0.2) is 0 Å². The summed E-state index contributed by atoms with van der Waals surface area (Å²) in [5.74, 6) is 0.129. The van der Waals surface area contributed by atoms with Crippen LogP contribution in [0.25, 0.3) is 10.8 Å². The van der Waals surface area contributed by atoms with Crippen LogP contribution < -0.4 is 5.73 Å². The molecule has 0 aliphatic carbocycles. The highest BCUT2D eigenvalue weighted by molar-refractivity contribution is 6.35. The highest BCUT2D eigenvalue weighted by Crippen LogP contribution is 2.30. The molecule has 84 valence electrons. The van der Waals surface area contributed by atoms with Crippen molar-refractivity contribution < 1.29 is 10.2 Å². The van der Waals surface area contributed by atoms with Gasteiger partial charge in [0, 0.05) is 11.9 Å². The number of halogens is 1. The number of aromatic hydroxyl groups is 1. The number of phenolic OH excluding ortho intramolecular Hbond substituents is 1. The minimum Gasteiger partial charge on any atom is -0.508 e. The lowest BCUT2D eigenvalue weighted by Crippen LogP contribution is -2.11. The zero-order valence-electron chi connectivity index (χ0n) is 8.52. The van der Waals surface area contributed by atoms with Gasteiger partial charge in [-0.3, -0.25) is 0 Å². The number of aliphatic hydroxyl groups is 1. The molecule has 0 aliphatic rings.